The van der Waals surface area contributed by atoms with Crippen molar-refractivity contribution in [2.24, 2.45) is 0 Å². The van der Waals surface area contributed by atoms with Crippen LogP contribution in [0.1, 0.15) is 22.8 Å². The third kappa shape index (κ3) is 2.82. The van der Waals surface area contributed by atoms with Crippen LogP contribution in [0.25, 0.3) is 0 Å². The van der Waals surface area contributed by atoms with Crippen LogP contribution in [-0.4, -0.2) is 18.3 Å². The van der Waals surface area contributed by atoms with Gasteiger partial charge in [0.05, 0.1) is 0 Å². The molecule has 1 unspecified atom stereocenters. The molecule has 0 aliphatic carbocycles. The van der Waals surface area contributed by atoms with Crippen molar-refractivity contribution in [1.82, 2.24) is 0 Å². The second-order valence-electron chi connectivity index (χ2n) is 4.90. The average Bonchev–Trinajstić information content (AvgIpc) is 2.48. The number of aliphatic hydroxyl groups is 1. The van der Waals surface area contributed by atoms with E-state index in [1.165, 1.54) is 0 Å². The van der Waals surface area contributed by atoms with E-state index in [1.807, 2.05) is 37.3 Å². The van der Waals surface area contributed by atoms with Crippen molar-refractivity contribution in [1.29, 1.82) is 0 Å². The fourth-order valence-electron chi connectivity index (χ4n) is 2.34. The first-order valence-electron chi connectivity index (χ1n) is 6.60. The largest absolute Gasteiger partial charge is 0.486 e. The van der Waals surface area contributed by atoms with E-state index in [-0.39, 0.29) is 0 Å². The van der Waals surface area contributed by atoms with Crippen LogP contribution in [0.5, 0.6) is 11.5 Å². The Balaban J connectivity index is 2.05. The van der Waals surface area contributed by atoms with Gasteiger partial charge in [-0.05, 0) is 30.2 Å². The highest BCUT2D eigenvalue weighted by molar-refractivity contribution is 9.10. The second kappa shape index (κ2) is 5.99. The molecule has 1 aliphatic rings. The summed E-state index contributed by atoms with van der Waals surface area (Å²) in [6.45, 7) is 3.07. The molecule has 21 heavy (non-hydrogen) atoms. The molecule has 1 N–H and O–H groups in total. The lowest BCUT2D eigenvalue weighted by Gasteiger charge is -2.22. The van der Waals surface area contributed by atoms with Crippen LogP contribution in [0, 0.1) is 6.92 Å². The molecule has 0 aromatic heterocycles. The zero-order chi connectivity index (χ0) is 15.0. The summed E-state index contributed by atoms with van der Waals surface area (Å²) in [5.74, 6) is 1.37. The Morgan fingerprint density at radius 1 is 1.05 bits per heavy atom. The van der Waals surface area contributed by atoms with E-state index in [0.717, 1.165) is 25.6 Å². The van der Waals surface area contributed by atoms with Crippen LogP contribution in [0.2, 0.25) is 0 Å². The van der Waals surface area contributed by atoms with Gasteiger partial charge in [0, 0.05) is 14.5 Å². The Morgan fingerprint density at radius 2 is 1.71 bits per heavy atom. The van der Waals surface area contributed by atoms with Crippen molar-refractivity contribution in [3.8, 4) is 11.5 Å². The molecular weight excluding hydrogens is 400 g/mol. The summed E-state index contributed by atoms with van der Waals surface area (Å²) in [4.78, 5) is 0. The van der Waals surface area contributed by atoms with Gasteiger partial charge in [-0.1, -0.05) is 50.1 Å². The smallest absolute Gasteiger partial charge is 0.162 e. The molecule has 1 atom stereocenters. The van der Waals surface area contributed by atoms with Gasteiger partial charge in [0.15, 0.2) is 11.5 Å². The lowest BCUT2D eigenvalue weighted by Crippen LogP contribution is -2.16. The summed E-state index contributed by atoms with van der Waals surface area (Å²) in [6, 6.07) is 9.52. The molecule has 3 rings (SSSR count). The van der Waals surface area contributed by atoms with E-state index in [9.17, 15) is 5.11 Å². The SMILES string of the molecule is Cc1cccc(C(O)c2cc3c(cc2Br)OCCO3)c1Br. The number of hydrogen-bond donors (Lipinski definition) is 1. The number of aliphatic hydroxyl groups excluding tert-OH is 1. The van der Waals surface area contributed by atoms with E-state index in [2.05, 4.69) is 31.9 Å². The Kier molecular flexibility index (Phi) is 4.24. The predicted octanol–water partition coefficient (Wildman–Crippen LogP) is 4.37. The Hall–Kier alpha value is -1.04. The first kappa shape index (κ1) is 14.9. The normalized spacial score (nSPS) is 14.9. The van der Waals surface area contributed by atoms with E-state index < -0.39 is 6.10 Å². The molecule has 0 saturated carbocycles. The van der Waals surface area contributed by atoms with Crippen LogP contribution in [0.4, 0.5) is 0 Å². The van der Waals surface area contributed by atoms with Crippen molar-refractivity contribution in [2.45, 2.75) is 13.0 Å². The van der Waals surface area contributed by atoms with Crippen LogP contribution < -0.4 is 9.47 Å². The maximum atomic E-state index is 10.7. The molecule has 1 heterocycles. The van der Waals surface area contributed by atoms with Gasteiger partial charge >= 0.3 is 0 Å². The predicted molar refractivity (Wildman–Crippen MR) is 88.1 cm³/mol. The van der Waals surface area contributed by atoms with E-state index in [1.54, 1.807) is 0 Å². The van der Waals surface area contributed by atoms with Gasteiger partial charge in [-0.2, -0.15) is 0 Å². The summed E-state index contributed by atoms with van der Waals surface area (Å²) in [5.41, 5.74) is 2.66. The summed E-state index contributed by atoms with van der Waals surface area (Å²) < 4.78 is 12.8. The maximum Gasteiger partial charge on any atom is 0.162 e. The second-order valence-corrected chi connectivity index (χ2v) is 6.55. The molecule has 2 aromatic carbocycles. The van der Waals surface area contributed by atoms with Gasteiger partial charge in [0.1, 0.15) is 19.3 Å². The van der Waals surface area contributed by atoms with Crippen LogP contribution in [0.15, 0.2) is 39.3 Å². The molecule has 1 aliphatic heterocycles. The monoisotopic (exact) mass is 412 g/mol. The van der Waals surface area contributed by atoms with Crippen LogP contribution >= 0.6 is 31.9 Å². The van der Waals surface area contributed by atoms with Crippen molar-refractivity contribution < 1.29 is 14.6 Å². The fourth-order valence-corrected chi connectivity index (χ4v) is 3.36. The molecule has 2 aromatic rings. The molecular formula is C16H14Br2O3. The van der Waals surface area contributed by atoms with E-state index >= 15 is 0 Å². The minimum Gasteiger partial charge on any atom is -0.486 e. The number of aryl methyl sites for hydroxylation is 1. The van der Waals surface area contributed by atoms with Gasteiger partial charge in [-0.3, -0.25) is 0 Å². The third-order valence-corrected chi connectivity index (χ3v) is 5.24. The summed E-state index contributed by atoms with van der Waals surface area (Å²) >= 11 is 7.05. The molecule has 3 nitrogen and oxygen atoms in total. The van der Waals surface area contributed by atoms with Gasteiger partial charge in [0.2, 0.25) is 0 Å². The Bertz CT molecular complexity index is 685. The molecule has 0 bridgehead atoms. The molecule has 0 spiro atoms. The van der Waals surface area contributed by atoms with Gasteiger partial charge < -0.3 is 14.6 Å². The molecule has 0 fully saturated rings. The van der Waals surface area contributed by atoms with Crippen molar-refractivity contribution >= 4 is 31.9 Å². The first-order valence-corrected chi connectivity index (χ1v) is 8.18. The summed E-state index contributed by atoms with van der Waals surface area (Å²) in [5, 5.41) is 10.7. The molecule has 110 valence electrons. The number of benzene rings is 2. The van der Waals surface area contributed by atoms with Gasteiger partial charge in [0.25, 0.3) is 0 Å². The van der Waals surface area contributed by atoms with Crippen molar-refractivity contribution in [3.05, 3.63) is 56.0 Å². The van der Waals surface area contributed by atoms with Gasteiger partial charge in [-0.25, -0.2) is 0 Å². The average molecular weight is 414 g/mol. The molecule has 0 saturated heterocycles. The number of halogens is 2. The quantitative estimate of drug-likeness (QED) is 0.794. The first-order chi connectivity index (χ1) is 10.1. The number of fused-ring (bicyclic) bond motifs is 1. The van der Waals surface area contributed by atoms with E-state index in [0.29, 0.717) is 24.7 Å². The topological polar surface area (TPSA) is 38.7 Å². The summed E-state index contributed by atoms with van der Waals surface area (Å²) in [7, 11) is 0. The zero-order valence-electron chi connectivity index (χ0n) is 11.4. The third-order valence-electron chi connectivity index (χ3n) is 3.47. The maximum absolute atomic E-state index is 10.7. The lowest BCUT2D eigenvalue weighted by atomic mass is 9.99. The van der Waals surface area contributed by atoms with Gasteiger partial charge in [-0.15, -0.1) is 0 Å². The standard InChI is InChI=1S/C16H14Br2O3/c1-9-3-2-4-10(15(9)18)16(19)11-7-13-14(8-12(11)17)21-6-5-20-13/h2-4,7-8,16,19H,5-6H2,1H3. The lowest BCUT2D eigenvalue weighted by molar-refractivity contribution is 0.169. The highest BCUT2D eigenvalue weighted by atomic mass is 79.9. The minimum atomic E-state index is -0.746. The zero-order valence-corrected chi connectivity index (χ0v) is 14.6. The highest BCUT2D eigenvalue weighted by Gasteiger charge is 2.21. The fraction of sp³-hybridized carbons (Fsp3) is 0.250. The Morgan fingerprint density at radius 3 is 2.43 bits per heavy atom. The summed E-state index contributed by atoms with van der Waals surface area (Å²) in [6.07, 6.45) is -0.746. The number of ether oxygens (including phenoxy) is 2. The number of hydrogen-bond acceptors (Lipinski definition) is 3. The van der Waals surface area contributed by atoms with Crippen molar-refractivity contribution in [2.75, 3.05) is 13.2 Å². The minimum absolute atomic E-state index is 0.526. The molecule has 0 radical (unpaired) electrons. The number of rotatable bonds is 2. The van der Waals surface area contributed by atoms with Crippen molar-refractivity contribution in [3.63, 3.8) is 0 Å². The van der Waals surface area contributed by atoms with E-state index in [4.69, 9.17) is 9.47 Å². The molecule has 0 amide bonds. The Labute approximate surface area is 140 Å². The van der Waals surface area contributed by atoms with Crippen LogP contribution in [-0.2, 0) is 0 Å². The highest BCUT2D eigenvalue weighted by Crippen LogP contribution is 2.40. The van der Waals surface area contributed by atoms with Crippen LogP contribution in [0.3, 0.4) is 0 Å². The molecule has 5 heteroatoms.